The first-order valence-electron chi connectivity index (χ1n) is 33.3. The number of rotatable bonds is 20. The summed E-state index contributed by atoms with van der Waals surface area (Å²) in [7, 11) is 0. The number of morpholine rings is 2. The Kier molecular flexibility index (Phi) is 35.5. The number of aliphatic hydroxyl groups is 4. The third-order valence-electron chi connectivity index (χ3n) is 14.8. The Morgan fingerprint density at radius 2 is 0.849 bits per heavy atom. The molecule has 9 rings (SSSR count). The molecule has 3 aliphatic rings. The van der Waals surface area contributed by atoms with E-state index in [0.717, 1.165) is 29.7 Å². The second-order valence-corrected chi connectivity index (χ2v) is 27.3. The lowest BCUT2D eigenvalue weighted by molar-refractivity contribution is -0.385. The van der Waals surface area contributed by atoms with Crippen LogP contribution in [0.2, 0.25) is 0 Å². The number of benzene rings is 6. The minimum absolute atomic E-state index is 0.00822. The van der Waals surface area contributed by atoms with Crippen LogP contribution in [-0.4, -0.2) is 178 Å². The molecular weight excluding hydrogens is 1450 g/mol. The highest BCUT2D eigenvalue weighted by Crippen LogP contribution is 2.32. The third-order valence-corrected chi connectivity index (χ3v) is 15.3. The molecule has 5 atom stereocenters. The van der Waals surface area contributed by atoms with Crippen molar-refractivity contribution in [2.45, 2.75) is 129 Å². The van der Waals surface area contributed by atoms with Crippen LogP contribution in [0.5, 0.6) is 0 Å². The number of nitro benzene ring substituents is 5. The monoisotopic (exact) mass is 1550 g/mol. The SMILES string of the molecule is CC(C)(C)OC(=O)N(CCO)CC(O)c1ccc([N+](=O)[O-])cc1.CC(C)(C)OC(=O)N1CCOC(c2ccc(N)cc2)C1.CC(C)(C)OC(=O)N1CCOC(c2ccc([N+](=O)[O-])cc2)C1.O=C(CBr)c1ccc([N+](=O)[O-])cc1.O=[N+]([O-])c1ccc(C(O)CCCCO)cc1.O=[N+]([O-])c1ccc(C2CO2)cc1. The number of aliphatic hydroxyl groups excluding tert-OH is 4. The molecule has 0 aromatic heterocycles. The number of carbonyl (C=O) groups excluding carboxylic acids is 4. The van der Waals surface area contributed by atoms with E-state index < -0.39 is 59.7 Å². The molecule has 3 fully saturated rings. The molecule has 0 bridgehead atoms. The van der Waals surface area contributed by atoms with Crippen LogP contribution in [0.1, 0.15) is 150 Å². The van der Waals surface area contributed by atoms with Gasteiger partial charge in [0.25, 0.3) is 28.4 Å². The maximum absolute atomic E-state index is 12.1. The Morgan fingerprint density at radius 3 is 1.18 bits per heavy atom. The molecule has 0 aliphatic carbocycles. The number of Topliss-reactive ketones (excluding diaryl/α,β-unsaturated/α-hetero) is 1. The number of unbranched alkanes of at least 4 members (excludes halogenated alkanes) is 1. The number of ketones is 1. The van der Waals surface area contributed by atoms with Crippen molar-refractivity contribution in [3.8, 4) is 0 Å². The standard InChI is InChI=1S/C15H22N2O6.C15H20N2O5.C15H22N2O3.C11H15NO4.C8H6BrNO3.C8H7NO3/c1-15(2,3)23-14(20)16(8-9-18)10-13(19)11-4-6-12(7-5-11)17(21)22;1-15(2,3)22-14(18)16-8-9-21-13(10-16)11-4-6-12(7-5-11)17(19)20;1-15(2,3)20-14(18)17-8-9-19-13(10-17)11-4-6-12(16)7-5-11;13-8-2-1-3-11(14)9-4-6-10(7-5-9)12(15)16;9-5-8(11)6-1-3-7(4-2-6)10(12)13;10-9(11)7-3-1-6(2-4-7)8-5-12-8/h4-7,13,18-19H,8-10H2,1-3H3;4-7,13H,8-10H2,1-3H3;4-7,13H,8-10,16H2,1-3H3;4-7,11,13-14H,1-3,8H2;1-4H,5H2;1-4,8H,5H2. The summed E-state index contributed by atoms with van der Waals surface area (Å²) in [6, 6.07) is 37.0. The third kappa shape index (κ3) is 32.4. The number of anilines is 1. The highest BCUT2D eigenvalue weighted by Gasteiger charge is 2.32. The van der Waals surface area contributed by atoms with Crippen molar-refractivity contribution >= 4 is 74.1 Å². The van der Waals surface area contributed by atoms with Gasteiger partial charge in [0.1, 0.15) is 35.1 Å². The first kappa shape index (κ1) is 88.2. The van der Waals surface area contributed by atoms with Crippen LogP contribution in [-0.2, 0) is 28.4 Å². The number of halogens is 1. The van der Waals surface area contributed by atoms with Crippen molar-refractivity contribution in [1.29, 1.82) is 0 Å². The average Bonchev–Trinajstić information content (AvgIpc) is 1.55. The summed E-state index contributed by atoms with van der Waals surface area (Å²) in [5.74, 6) is -0.0881. The van der Waals surface area contributed by atoms with Gasteiger partial charge >= 0.3 is 18.3 Å². The summed E-state index contributed by atoms with van der Waals surface area (Å²) in [5.41, 5.74) is 9.18. The van der Waals surface area contributed by atoms with Crippen molar-refractivity contribution in [2.75, 3.05) is 83.4 Å². The molecule has 5 unspecified atom stereocenters. The molecule has 0 saturated carbocycles. The molecule has 106 heavy (non-hydrogen) atoms. The number of amides is 3. The van der Waals surface area contributed by atoms with Crippen molar-refractivity contribution in [3.05, 3.63) is 230 Å². The molecule has 6 aromatic carbocycles. The smallest absolute Gasteiger partial charge is 0.410 e. The van der Waals surface area contributed by atoms with E-state index in [4.69, 9.17) is 44.4 Å². The zero-order valence-electron chi connectivity index (χ0n) is 60.3. The molecule has 6 N–H and O–H groups in total. The molecule has 0 radical (unpaired) electrons. The number of nitro groups is 5. The molecule has 3 aliphatic heterocycles. The number of hydrogen-bond donors (Lipinski definition) is 5. The van der Waals surface area contributed by atoms with Crippen LogP contribution >= 0.6 is 15.9 Å². The fourth-order valence-electron chi connectivity index (χ4n) is 9.38. The van der Waals surface area contributed by atoms with Crippen molar-refractivity contribution in [2.24, 2.45) is 0 Å². The molecule has 34 heteroatoms. The maximum Gasteiger partial charge on any atom is 0.410 e. The van der Waals surface area contributed by atoms with E-state index in [1.54, 1.807) is 67.0 Å². The first-order chi connectivity index (χ1) is 49.8. The highest BCUT2D eigenvalue weighted by molar-refractivity contribution is 9.09. The number of nitrogens with two attached hydrogens (primary N) is 1. The number of epoxide rings is 1. The number of hydrogen-bond acceptors (Lipinski definition) is 25. The molecule has 3 amide bonds. The van der Waals surface area contributed by atoms with E-state index in [1.165, 1.54) is 89.8 Å². The summed E-state index contributed by atoms with van der Waals surface area (Å²) in [4.78, 5) is 102. The summed E-state index contributed by atoms with van der Waals surface area (Å²) in [5, 5.41) is 90.0. The quantitative estimate of drug-likeness (QED) is 0.00692. The van der Waals surface area contributed by atoms with E-state index in [1.807, 2.05) is 65.8 Å². The van der Waals surface area contributed by atoms with E-state index in [0.29, 0.717) is 74.6 Å². The van der Waals surface area contributed by atoms with Crippen LogP contribution < -0.4 is 5.73 Å². The van der Waals surface area contributed by atoms with E-state index in [2.05, 4.69) is 15.9 Å². The lowest BCUT2D eigenvalue weighted by Crippen LogP contribution is -2.44. The van der Waals surface area contributed by atoms with E-state index >= 15 is 0 Å². The predicted molar refractivity (Wildman–Crippen MR) is 392 cm³/mol. The molecule has 0 spiro atoms. The summed E-state index contributed by atoms with van der Waals surface area (Å²) in [6.07, 6.45) is -1.29. The van der Waals surface area contributed by atoms with Gasteiger partial charge in [-0.3, -0.25) is 55.4 Å². The predicted octanol–water partition coefficient (Wildman–Crippen LogP) is 13.0. The Balaban J connectivity index is 0.000000273. The number of ether oxygens (including phenoxy) is 6. The fraction of sp³-hybridized carbons (Fsp3) is 0.444. The number of alkyl halides is 1. The Labute approximate surface area is 620 Å². The topological polar surface area (TPSA) is 459 Å². The fourth-order valence-corrected chi connectivity index (χ4v) is 9.70. The molecule has 3 heterocycles. The van der Waals surface area contributed by atoms with Gasteiger partial charge in [-0.15, -0.1) is 0 Å². The van der Waals surface area contributed by atoms with Gasteiger partial charge < -0.3 is 69.3 Å². The minimum atomic E-state index is -1.05. The van der Waals surface area contributed by atoms with Crippen LogP contribution in [0.25, 0.3) is 0 Å². The van der Waals surface area contributed by atoms with Gasteiger partial charge in [0.05, 0.1) is 88.2 Å². The number of carbonyl (C=O) groups is 4. The Hall–Kier alpha value is -10.2. The molecular formula is C72H92BrN9O24. The maximum atomic E-state index is 12.1. The molecule has 6 aromatic rings. The number of nitrogen functional groups attached to an aromatic ring is 1. The van der Waals surface area contributed by atoms with Crippen molar-refractivity contribution in [1.82, 2.24) is 14.7 Å². The van der Waals surface area contributed by atoms with Crippen LogP contribution in [0.15, 0.2) is 146 Å². The largest absolute Gasteiger partial charge is 0.444 e. The second kappa shape index (κ2) is 42.7. The van der Waals surface area contributed by atoms with Gasteiger partial charge in [0.2, 0.25) is 0 Å². The lowest BCUT2D eigenvalue weighted by atomic mass is 10.0. The summed E-state index contributed by atoms with van der Waals surface area (Å²) >= 11 is 3.02. The van der Waals surface area contributed by atoms with E-state index in [-0.39, 0.29) is 96.4 Å². The van der Waals surface area contributed by atoms with E-state index in [9.17, 15) is 80.0 Å². The molecule has 576 valence electrons. The van der Waals surface area contributed by atoms with Crippen LogP contribution in [0.3, 0.4) is 0 Å². The highest BCUT2D eigenvalue weighted by atomic mass is 79.9. The molecule has 33 nitrogen and oxygen atoms in total. The molecule has 3 saturated heterocycles. The second-order valence-electron chi connectivity index (χ2n) is 26.7. The zero-order chi connectivity index (χ0) is 79.1. The van der Waals surface area contributed by atoms with Gasteiger partial charge in [-0.1, -0.05) is 28.1 Å². The van der Waals surface area contributed by atoms with Crippen molar-refractivity contribution < 1.29 is 92.6 Å². The summed E-state index contributed by atoms with van der Waals surface area (Å²) in [6.45, 7) is 19.5. The van der Waals surface area contributed by atoms with Crippen LogP contribution in [0, 0.1) is 50.6 Å². The van der Waals surface area contributed by atoms with Gasteiger partial charge in [-0.25, -0.2) is 14.4 Å². The Bertz CT molecular complexity index is 3800. The van der Waals surface area contributed by atoms with Crippen molar-refractivity contribution in [3.63, 3.8) is 0 Å². The lowest BCUT2D eigenvalue weighted by Gasteiger charge is -2.34. The minimum Gasteiger partial charge on any atom is -0.444 e. The Morgan fingerprint density at radius 1 is 0.509 bits per heavy atom. The average molecular weight is 1550 g/mol. The number of non-ortho nitro benzene ring substituents is 5. The summed E-state index contributed by atoms with van der Waals surface area (Å²) < 4.78 is 32.4. The number of nitrogens with zero attached hydrogens (tertiary/aromatic N) is 8. The van der Waals surface area contributed by atoms with Gasteiger partial charge in [-0.2, -0.15) is 0 Å². The van der Waals surface area contributed by atoms with Gasteiger partial charge in [0.15, 0.2) is 5.78 Å². The first-order valence-corrected chi connectivity index (χ1v) is 34.5. The van der Waals surface area contributed by atoms with Gasteiger partial charge in [0, 0.05) is 98.2 Å². The zero-order valence-corrected chi connectivity index (χ0v) is 61.9. The van der Waals surface area contributed by atoms with Crippen LogP contribution in [0.4, 0.5) is 48.5 Å². The normalized spacial score (nSPS) is 15.7. The van der Waals surface area contributed by atoms with Gasteiger partial charge in [-0.05, 0) is 182 Å².